The van der Waals surface area contributed by atoms with Crippen molar-refractivity contribution in [2.45, 2.75) is 26.2 Å². The molecule has 70 valence electrons. The number of benzene rings is 1. The van der Waals surface area contributed by atoms with Gasteiger partial charge in [0.05, 0.1) is 6.10 Å². The van der Waals surface area contributed by atoms with Crippen LogP contribution in [0.2, 0.25) is 0 Å². The molecule has 1 aromatic carbocycles. The largest absolute Gasteiger partial charge is 0.364 e. The average Bonchev–Trinajstić information content (AvgIpc) is 2.45. The summed E-state index contributed by atoms with van der Waals surface area (Å²) in [5.41, 5.74) is 2.05. The van der Waals surface area contributed by atoms with Gasteiger partial charge < -0.3 is 9.84 Å². The van der Waals surface area contributed by atoms with Crippen LogP contribution >= 0.6 is 0 Å². The van der Waals surface area contributed by atoms with Gasteiger partial charge in [-0.2, -0.15) is 0 Å². The van der Waals surface area contributed by atoms with E-state index in [-0.39, 0.29) is 6.10 Å². The van der Waals surface area contributed by atoms with E-state index in [1.807, 2.05) is 24.3 Å². The van der Waals surface area contributed by atoms with E-state index in [0.29, 0.717) is 5.92 Å². The molecule has 1 aromatic rings. The molecule has 0 fully saturated rings. The van der Waals surface area contributed by atoms with E-state index in [9.17, 15) is 5.11 Å². The van der Waals surface area contributed by atoms with E-state index in [0.717, 1.165) is 11.1 Å². The maximum absolute atomic E-state index is 9.58. The molecule has 0 unspecified atom stereocenters. The van der Waals surface area contributed by atoms with Crippen molar-refractivity contribution < 1.29 is 9.84 Å². The maximum Gasteiger partial charge on any atom is 0.182 e. The summed E-state index contributed by atoms with van der Waals surface area (Å²) in [5, 5.41) is 9.58. The van der Waals surface area contributed by atoms with Gasteiger partial charge in [-0.05, 0) is 11.5 Å². The highest BCUT2D eigenvalue weighted by Gasteiger charge is 2.31. The van der Waals surface area contributed by atoms with Crippen LogP contribution in [0, 0.1) is 5.92 Å². The topological polar surface area (TPSA) is 29.5 Å². The molecule has 13 heavy (non-hydrogen) atoms. The van der Waals surface area contributed by atoms with Gasteiger partial charge in [-0.15, -0.1) is 0 Å². The Bertz CT molecular complexity index is 307. The molecule has 0 aliphatic carbocycles. The number of ether oxygens (including phenoxy) is 1. The Morgan fingerprint density at radius 3 is 2.46 bits per heavy atom. The zero-order valence-corrected chi connectivity index (χ0v) is 7.90. The van der Waals surface area contributed by atoms with Crippen LogP contribution < -0.4 is 0 Å². The first kappa shape index (κ1) is 8.73. The van der Waals surface area contributed by atoms with Gasteiger partial charge in [-0.25, -0.2) is 0 Å². The predicted molar refractivity (Wildman–Crippen MR) is 50.1 cm³/mol. The van der Waals surface area contributed by atoms with Crippen LogP contribution in [-0.2, 0) is 4.74 Å². The molecule has 0 bridgehead atoms. The van der Waals surface area contributed by atoms with Crippen LogP contribution in [0.4, 0.5) is 0 Å². The van der Waals surface area contributed by atoms with E-state index >= 15 is 0 Å². The van der Waals surface area contributed by atoms with Gasteiger partial charge in [-0.1, -0.05) is 38.1 Å². The Labute approximate surface area is 78.2 Å². The highest BCUT2D eigenvalue weighted by molar-refractivity contribution is 5.33. The maximum atomic E-state index is 9.58. The third-order valence-corrected chi connectivity index (χ3v) is 2.45. The van der Waals surface area contributed by atoms with Crippen LogP contribution in [0.15, 0.2) is 24.3 Å². The lowest BCUT2D eigenvalue weighted by atomic mass is 9.97. The minimum absolute atomic E-state index is 0.0474. The molecule has 1 aliphatic rings. The molecule has 1 heterocycles. The predicted octanol–water partition coefficient (Wildman–Crippen LogP) is 2.40. The number of hydrogen-bond donors (Lipinski definition) is 1. The summed E-state index contributed by atoms with van der Waals surface area (Å²) in [4.78, 5) is 0. The number of rotatable bonds is 1. The summed E-state index contributed by atoms with van der Waals surface area (Å²) in [7, 11) is 0. The monoisotopic (exact) mass is 178 g/mol. The van der Waals surface area contributed by atoms with Gasteiger partial charge in [0.1, 0.15) is 0 Å². The highest BCUT2D eigenvalue weighted by Crippen LogP contribution is 2.40. The summed E-state index contributed by atoms with van der Waals surface area (Å²) >= 11 is 0. The van der Waals surface area contributed by atoms with Crippen LogP contribution in [0.25, 0.3) is 0 Å². The van der Waals surface area contributed by atoms with E-state index in [1.54, 1.807) is 0 Å². The molecule has 0 radical (unpaired) electrons. The summed E-state index contributed by atoms with van der Waals surface area (Å²) in [6.07, 6.45) is -0.685. The Morgan fingerprint density at radius 2 is 1.85 bits per heavy atom. The molecular weight excluding hydrogens is 164 g/mol. The summed E-state index contributed by atoms with van der Waals surface area (Å²) in [6.45, 7) is 4.19. The molecule has 0 amide bonds. The average molecular weight is 178 g/mol. The summed E-state index contributed by atoms with van der Waals surface area (Å²) in [6, 6.07) is 7.85. The number of hydrogen-bond acceptors (Lipinski definition) is 2. The number of fused-ring (bicyclic) bond motifs is 1. The molecule has 1 aliphatic heterocycles. The van der Waals surface area contributed by atoms with Crippen LogP contribution in [-0.4, -0.2) is 5.11 Å². The van der Waals surface area contributed by atoms with E-state index in [1.165, 1.54) is 0 Å². The molecule has 2 nitrogen and oxygen atoms in total. The molecule has 0 saturated heterocycles. The highest BCUT2D eigenvalue weighted by atomic mass is 16.6. The Hall–Kier alpha value is -0.860. The van der Waals surface area contributed by atoms with Crippen molar-refractivity contribution in [3.8, 4) is 0 Å². The number of aliphatic hydroxyl groups is 1. The van der Waals surface area contributed by atoms with Crippen molar-refractivity contribution in [3.63, 3.8) is 0 Å². The quantitative estimate of drug-likeness (QED) is 0.715. The Kier molecular flexibility index (Phi) is 2.10. The fraction of sp³-hybridized carbons (Fsp3) is 0.455. The van der Waals surface area contributed by atoms with Crippen molar-refractivity contribution in [1.82, 2.24) is 0 Å². The summed E-state index contributed by atoms with van der Waals surface area (Å²) < 4.78 is 5.45. The second-order valence-electron chi connectivity index (χ2n) is 3.78. The van der Waals surface area contributed by atoms with Gasteiger partial charge in [-0.3, -0.25) is 0 Å². The van der Waals surface area contributed by atoms with Crippen molar-refractivity contribution in [1.29, 1.82) is 0 Å². The first-order chi connectivity index (χ1) is 6.20. The normalized spacial score (nSPS) is 26.5. The minimum atomic E-state index is -0.733. The molecule has 0 saturated carbocycles. The lowest BCUT2D eigenvalue weighted by Crippen LogP contribution is -2.05. The van der Waals surface area contributed by atoms with E-state index in [4.69, 9.17) is 4.74 Å². The molecule has 2 rings (SSSR count). The third kappa shape index (κ3) is 1.36. The van der Waals surface area contributed by atoms with Gasteiger partial charge in [0.15, 0.2) is 6.29 Å². The van der Waals surface area contributed by atoms with E-state index < -0.39 is 6.29 Å². The van der Waals surface area contributed by atoms with Crippen molar-refractivity contribution in [3.05, 3.63) is 35.4 Å². The fourth-order valence-electron chi connectivity index (χ4n) is 1.80. The Balaban J connectivity index is 2.41. The lowest BCUT2D eigenvalue weighted by molar-refractivity contribution is -0.132. The third-order valence-electron chi connectivity index (χ3n) is 2.45. The fourth-order valence-corrected chi connectivity index (χ4v) is 1.80. The van der Waals surface area contributed by atoms with Crippen molar-refractivity contribution in [2.75, 3.05) is 0 Å². The minimum Gasteiger partial charge on any atom is -0.364 e. The molecule has 0 spiro atoms. The van der Waals surface area contributed by atoms with Crippen LogP contribution in [0.5, 0.6) is 0 Å². The first-order valence-electron chi connectivity index (χ1n) is 4.62. The smallest absolute Gasteiger partial charge is 0.182 e. The van der Waals surface area contributed by atoms with Crippen LogP contribution in [0.1, 0.15) is 37.4 Å². The van der Waals surface area contributed by atoms with Gasteiger partial charge in [0.2, 0.25) is 0 Å². The first-order valence-corrected chi connectivity index (χ1v) is 4.62. The second-order valence-corrected chi connectivity index (χ2v) is 3.78. The summed E-state index contributed by atoms with van der Waals surface area (Å²) in [5.74, 6) is 0.401. The lowest BCUT2D eigenvalue weighted by Gasteiger charge is -2.15. The molecule has 2 atom stereocenters. The van der Waals surface area contributed by atoms with Gasteiger partial charge in [0, 0.05) is 5.56 Å². The molecule has 2 heteroatoms. The number of aliphatic hydroxyl groups excluding tert-OH is 1. The standard InChI is InChI=1S/C11H14O2/c1-7(2)10-8-5-3-4-6-9(8)11(12)13-10/h3-7,10-12H,1-2H3/t10-,11-/m0/s1. The SMILES string of the molecule is CC(C)[C@@H]1O[C@H](O)c2ccccc21. The molecule has 1 N–H and O–H groups in total. The van der Waals surface area contributed by atoms with E-state index in [2.05, 4.69) is 13.8 Å². The van der Waals surface area contributed by atoms with Gasteiger partial charge >= 0.3 is 0 Å². The second kappa shape index (κ2) is 3.13. The zero-order chi connectivity index (χ0) is 9.42. The zero-order valence-electron chi connectivity index (χ0n) is 7.90. The van der Waals surface area contributed by atoms with Crippen molar-refractivity contribution in [2.24, 2.45) is 5.92 Å². The Morgan fingerprint density at radius 1 is 1.23 bits per heavy atom. The molecular formula is C11H14O2. The van der Waals surface area contributed by atoms with Gasteiger partial charge in [0.25, 0.3) is 0 Å². The molecule has 0 aromatic heterocycles. The van der Waals surface area contributed by atoms with Crippen molar-refractivity contribution >= 4 is 0 Å². The van der Waals surface area contributed by atoms with Crippen LogP contribution in [0.3, 0.4) is 0 Å².